The van der Waals surface area contributed by atoms with E-state index in [-0.39, 0.29) is 5.78 Å². The van der Waals surface area contributed by atoms with Crippen molar-refractivity contribution >= 4 is 12.0 Å². The van der Waals surface area contributed by atoms with E-state index in [4.69, 9.17) is 9.94 Å². The molecule has 0 amide bonds. The fourth-order valence-electron chi connectivity index (χ4n) is 2.27. The average Bonchev–Trinajstić information content (AvgIpc) is 2.55. The fraction of sp³-hybridized carbons (Fsp3) is 0.333. The van der Waals surface area contributed by atoms with E-state index >= 15 is 0 Å². The number of ether oxygens (including phenoxy) is 1. The molecular formula is C18H23N3O3+2. The summed E-state index contributed by atoms with van der Waals surface area (Å²) in [6.45, 7) is 4.76. The van der Waals surface area contributed by atoms with Gasteiger partial charge < -0.3 is 5.21 Å². The molecule has 0 aliphatic rings. The smallest absolute Gasteiger partial charge is 0.257 e. The number of Topliss-reactive ketones (excluding diaryl/α,β-unsaturated/α-hetero) is 1. The lowest BCUT2D eigenvalue weighted by atomic mass is 10.0. The van der Waals surface area contributed by atoms with Gasteiger partial charge in [-0.2, -0.15) is 9.13 Å². The van der Waals surface area contributed by atoms with Crippen LogP contribution in [0, 0.1) is 5.92 Å². The third kappa shape index (κ3) is 5.55. The molecule has 6 heteroatoms. The van der Waals surface area contributed by atoms with Crippen LogP contribution in [0.1, 0.15) is 36.2 Å². The van der Waals surface area contributed by atoms with Gasteiger partial charge in [0.25, 0.3) is 13.5 Å². The second-order valence-electron chi connectivity index (χ2n) is 5.99. The summed E-state index contributed by atoms with van der Waals surface area (Å²) in [7, 11) is 0. The van der Waals surface area contributed by atoms with Gasteiger partial charge in [0.2, 0.25) is 0 Å². The van der Waals surface area contributed by atoms with Gasteiger partial charge in [-0.1, -0.05) is 19.0 Å². The van der Waals surface area contributed by atoms with Crippen LogP contribution in [0.4, 0.5) is 0 Å². The molecule has 0 unspecified atom stereocenters. The van der Waals surface area contributed by atoms with E-state index in [0.29, 0.717) is 31.4 Å². The summed E-state index contributed by atoms with van der Waals surface area (Å²) >= 11 is 0. The molecule has 1 N–H and O–H groups in total. The number of carbonyl (C=O) groups is 1. The number of ketones is 1. The molecule has 24 heavy (non-hydrogen) atoms. The van der Waals surface area contributed by atoms with Crippen molar-refractivity contribution in [3.05, 3.63) is 60.2 Å². The Kier molecular flexibility index (Phi) is 6.57. The van der Waals surface area contributed by atoms with Crippen LogP contribution in [0.5, 0.6) is 0 Å². The zero-order valence-corrected chi connectivity index (χ0v) is 14.0. The van der Waals surface area contributed by atoms with Gasteiger partial charge in [0.15, 0.2) is 30.6 Å². The van der Waals surface area contributed by atoms with E-state index in [9.17, 15) is 4.79 Å². The van der Waals surface area contributed by atoms with Crippen LogP contribution in [-0.2, 0) is 18.2 Å². The van der Waals surface area contributed by atoms with Gasteiger partial charge in [0.1, 0.15) is 0 Å². The number of nitrogens with zero attached hydrogens (tertiary/aromatic N) is 3. The van der Waals surface area contributed by atoms with Crippen molar-refractivity contribution in [2.24, 2.45) is 11.1 Å². The van der Waals surface area contributed by atoms with Crippen molar-refractivity contribution in [1.29, 1.82) is 0 Å². The number of hydrogen-bond donors (Lipinski definition) is 1. The van der Waals surface area contributed by atoms with Gasteiger partial charge >= 0.3 is 0 Å². The number of aromatic nitrogens is 2. The Bertz CT molecular complexity index is 714. The van der Waals surface area contributed by atoms with Crippen LogP contribution in [-0.4, -0.2) is 17.2 Å². The molecule has 0 radical (unpaired) electrons. The molecule has 0 aromatic carbocycles. The monoisotopic (exact) mass is 329 g/mol. The van der Waals surface area contributed by atoms with E-state index in [0.717, 1.165) is 5.56 Å². The molecule has 0 aliphatic heterocycles. The Balaban J connectivity index is 1.93. The van der Waals surface area contributed by atoms with E-state index in [1.165, 1.54) is 6.21 Å². The van der Waals surface area contributed by atoms with Gasteiger partial charge in [-0.05, 0) is 18.1 Å². The Labute approximate surface area is 141 Å². The molecule has 0 aliphatic carbocycles. The maximum atomic E-state index is 12.1. The van der Waals surface area contributed by atoms with E-state index in [1.54, 1.807) is 0 Å². The predicted molar refractivity (Wildman–Crippen MR) is 87.5 cm³/mol. The Morgan fingerprint density at radius 3 is 2.54 bits per heavy atom. The number of carbonyl (C=O) groups excluding carboxylic acids is 1. The molecule has 0 atom stereocenters. The summed E-state index contributed by atoms with van der Waals surface area (Å²) in [5.41, 5.74) is 1.47. The Morgan fingerprint density at radius 2 is 1.88 bits per heavy atom. The maximum Gasteiger partial charge on any atom is 0.257 e. The lowest BCUT2D eigenvalue weighted by Gasteiger charge is -2.03. The topological polar surface area (TPSA) is 66.7 Å². The van der Waals surface area contributed by atoms with Crippen LogP contribution < -0.4 is 9.13 Å². The molecule has 0 fully saturated rings. The minimum atomic E-state index is 0.143. The Morgan fingerprint density at radius 1 is 1.21 bits per heavy atom. The summed E-state index contributed by atoms with van der Waals surface area (Å²) in [6, 6.07) is 7.35. The van der Waals surface area contributed by atoms with Crippen molar-refractivity contribution in [2.45, 2.75) is 33.7 Å². The second-order valence-corrected chi connectivity index (χ2v) is 5.99. The quantitative estimate of drug-likeness (QED) is 0.265. The highest BCUT2D eigenvalue weighted by molar-refractivity contribution is 5.95. The highest BCUT2D eigenvalue weighted by atomic mass is 16.5. The van der Waals surface area contributed by atoms with Gasteiger partial charge in [0.05, 0.1) is 17.3 Å². The summed E-state index contributed by atoms with van der Waals surface area (Å²) in [4.78, 5) is 12.1. The molecule has 2 rings (SSSR count). The van der Waals surface area contributed by atoms with E-state index < -0.39 is 0 Å². The number of pyridine rings is 2. The van der Waals surface area contributed by atoms with Crippen LogP contribution in [0.15, 0.2) is 54.2 Å². The van der Waals surface area contributed by atoms with Crippen LogP contribution in [0.3, 0.4) is 0 Å². The zero-order valence-electron chi connectivity index (χ0n) is 14.0. The highest BCUT2D eigenvalue weighted by Crippen LogP contribution is 2.07. The van der Waals surface area contributed by atoms with Crippen molar-refractivity contribution < 1.29 is 23.9 Å². The van der Waals surface area contributed by atoms with Crippen molar-refractivity contribution in [3.63, 3.8) is 0 Å². The maximum absolute atomic E-state index is 12.1. The van der Waals surface area contributed by atoms with Crippen molar-refractivity contribution in [3.8, 4) is 0 Å². The molecular weight excluding hydrogens is 306 g/mol. The van der Waals surface area contributed by atoms with Crippen molar-refractivity contribution in [2.75, 3.05) is 0 Å². The molecule has 126 valence electrons. The molecule has 2 heterocycles. The average molecular weight is 329 g/mol. The normalized spacial score (nSPS) is 11.3. The summed E-state index contributed by atoms with van der Waals surface area (Å²) in [5, 5.41) is 11.6. The molecule has 0 saturated heterocycles. The molecule has 0 bridgehead atoms. The largest absolute Gasteiger partial charge is 0.411 e. The number of rotatable bonds is 8. The third-order valence-electron chi connectivity index (χ3n) is 3.34. The number of oxime groups is 1. The SMILES string of the molecule is CC(C)CC(=O)c1ccc[n+](COC[n+]2cccc(/C=N/O)c2)c1. The first-order valence-electron chi connectivity index (χ1n) is 7.85. The molecule has 2 aromatic rings. The van der Waals surface area contributed by atoms with Crippen LogP contribution >= 0.6 is 0 Å². The minimum Gasteiger partial charge on any atom is -0.411 e. The van der Waals surface area contributed by atoms with Gasteiger partial charge in [-0.15, -0.1) is 0 Å². The number of hydrogen-bond acceptors (Lipinski definition) is 4. The Hall–Kier alpha value is -2.60. The summed E-state index contributed by atoms with van der Waals surface area (Å²) in [6.07, 6.45) is 9.25. The van der Waals surface area contributed by atoms with Crippen LogP contribution in [0.25, 0.3) is 0 Å². The molecule has 2 aromatic heterocycles. The van der Waals surface area contributed by atoms with Gasteiger partial charge in [-0.3, -0.25) is 9.53 Å². The summed E-state index contributed by atoms with van der Waals surface area (Å²) < 4.78 is 9.34. The standard InChI is InChI=1S/C18H22N3O3/c1-15(2)9-18(22)17-6-4-8-21(12-17)14-24-13-20-7-3-5-16(11-20)10-19-23/h3-8,10-12,15H,9,13-14H2,1-2H3/q+1/p+1/b19-10+. The van der Waals surface area contributed by atoms with E-state index in [2.05, 4.69) is 5.16 Å². The third-order valence-corrected chi connectivity index (χ3v) is 3.34. The molecule has 6 nitrogen and oxygen atoms in total. The fourth-order valence-corrected chi connectivity index (χ4v) is 2.27. The highest BCUT2D eigenvalue weighted by Gasteiger charge is 2.12. The van der Waals surface area contributed by atoms with E-state index in [1.807, 2.05) is 72.0 Å². The first-order valence-corrected chi connectivity index (χ1v) is 7.85. The van der Waals surface area contributed by atoms with Gasteiger partial charge in [0, 0.05) is 18.6 Å². The second kappa shape index (κ2) is 8.88. The molecule has 0 spiro atoms. The summed E-state index contributed by atoms with van der Waals surface area (Å²) in [5.74, 6) is 0.484. The lowest BCUT2D eigenvalue weighted by molar-refractivity contribution is -0.788. The first-order chi connectivity index (χ1) is 11.6. The predicted octanol–water partition coefficient (Wildman–Crippen LogP) is 1.93. The lowest BCUT2D eigenvalue weighted by Crippen LogP contribution is -2.40. The minimum absolute atomic E-state index is 0.143. The zero-order chi connectivity index (χ0) is 17.4. The van der Waals surface area contributed by atoms with Crippen molar-refractivity contribution in [1.82, 2.24) is 0 Å². The van der Waals surface area contributed by atoms with Gasteiger partial charge in [-0.25, -0.2) is 0 Å². The van der Waals surface area contributed by atoms with Crippen LogP contribution in [0.2, 0.25) is 0 Å². The molecule has 0 saturated carbocycles. The first kappa shape index (κ1) is 17.7.